The monoisotopic (exact) mass is 352 g/mol. The van der Waals surface area contributed by atoms with E-state index in [1.807, 2.05) is 6.08 Å². The summed E-state index contributed by atoms with van der Waals surface area (Å²) >= 11 is 0. The van der Waals surface area contributed by atoms with Gasteiger partial charge >= 0.3 is 0 Å². The van der Waals surface area contributed by atoms with Gasteiger partial charge in [0.2, 0.25) is 0 Å². The summed E-state index contributed by atoms with van der Waals surface area (Å²) in [5, 5.41) is 2.48. The van der Waals surface area contributed by atoms with Crippen LogP contribution in [-0.4, -0.2) is 14.6 Å². The first-order valence-electron chi connectivity index (χ1n) is 9.11. The van der Waals surface area contributed by atoms with Crippen molar-refractivity contribution in [2.24, 2.45) is 0 Å². The number of fused-ring (bicyclic) bond motifs is 1. The third-order valence-corrected chi connectivity index (χ3v) is 9.92. The van der Waals surface area contributed by atoms with Crippen LogP contribution in [0.4, 0.5) is 0 Å². The highest BCUT2D eigenvalue weighted by atomic mass is 28.4. The van der Waals surface area contributed by atoms with Crippen molar-refractivity contribution in [3.8, 4) is 5.75 Å². The predicted octanol–water partition coefficient (Wildman–Crippen LogP) is 6.31. The highest BCUT2D eigenvalue weighted by Gasteiger charge is 2.40. The second kappa shape index (κ2) is 6.45. The minimum Gasteiger partial charge on any atom is -0.543 e. The Bertz CT molecular complexity index is 824. The van der Waals surface area contributed by atoms with Crippen molar-refractivity contribution in [3.63, 3.8) is 0 Å². The van der Waals surface area contributed by atoms with Crippen molar-refractivity contribution < 1.29 is 9.22 Å². The Kier molecular flexibility index (Phi) is 4.63. The molecule has 132 valence electrons. The Balaban J connectivity index is 2.25. The molecule has 2 aromatic carbocycles. The minimum absolute atomic E-state index is 0.120. The van der Waals surface area contributed by atoms with E-state index in [0.717, 1.165) is 23.0 Å². The smallest absolute Gasteiger partial charge is 0.250 e. The zero-order valence-corrected chi connectivity index (χ0v) is 16.9. The summed E-state index contributed by atoms with van der Waals surface area (Å²) in [6.45, 7) is 11.3. The fraction of sp³-hybridized carbons (Fsp3) is 0.409. The molecule has 0 unspecified atom stereocenters. The van der Waals surface area contributed by atoms with E-state index in [0.29, 0.717) is 5.92 Å². The lowest BCUT2D eigenvalue weighted by Gasteiger charge is -2.37. The van der Waals surface area contributed by atoms with Gasteiger partial charge in [-0.05, 0) is 60.0 Å². The molecule has 0 amide bonds. The molecule has 3 heteroatoms. The van der Waals surface area contributed by atoms with Crippen molar-refractivity contribution in [2.45, 2.75) is 57.7 Å². The molecule has 0 heterocycles. The number of rotatable bonds is 5. The summed E-state index contributed by atoms with van der Waals surface area (Å²) in [5.41, 5.74) is 2.42. The Labute approximate surface area is 152 Å². The van der Waals surface area contributed by atoms with Crippen molar-refractivity contribution in [3.05, 3.63) is 47.5 Å². The van der Waals surface area contributed by atoms with Gasteiger partial charge in [-0.1, -0.05) is 51.1 Å². The normalized spacial score (nSPS) is 15.7. The molecule has 0 N–H and O–H groups in total. The lowest BCUT2D eigenvalue weighted by atomic mass is 9.96. The maximum absolute atomic E-state index is 11.0. The van der Waals surface area contributed by atoms with Crippen LogP contribution in [0.5, 0.6) is 5.75 Å². The number of carbonyl (C=O) groups is 1. The van der Waals surface area contributed by atoms with Crippen LogP contribution in [0.3, 0.4) is 0 Å². The van der Waals surface area contributed by atoms with E-state index < -0.39 is 8.32 Å². The summed E-state index contributed by atoms with van der Waals surface area (Å²) in [4.78, 5) is 11.0. The van der Waals surface area contributed by atoms with Gasteiger partial charge in [-0.3, -0.25) is 4.79 Å². The van der Waals surface area contributed by atoms with Gasteiger partial charge in [0.1, 0.15) is 12.0 Å². The molecule has 3 rings (SSSR count). The standard InChI is InChI=1S/C22H28O2Si/c1-22(2,3)25(4,5)24-21-18-10-7-6-9-17(18)15-20(16-12-13-16)19(21)11-8-14-23/h6-11,14-16H,12-13H2,1-5H3/b11-8-. The van der Waals surface area contributed by atoms with E-state index in [1.165, 1.54) is 23.8 Å². The van der Waals surface area contributed by atoms with E-state index in [-0.39, 0.29) is 5.04 Å². The van der Waals surface area contributed by atoms with Crippen molar-refractivity contribution >= 4 is 31.5 Å². The molecule has 2 nitrogen and oxygen atoms in total. The predicted molar refractivity (Wildman–Crippen MR) is 109 cm³/mol. The number of hydrogen-bond acceptors (Lipinski definition) is 2. The first kappa shape index (κ1) is 17.9. The molecule has 1 aliphatic carbocycles. The molecule has 0 spiro atoms. The Hall–Kier alpha value is -1.87. The quantitative estimate of drug-likeness (QED) is 0.358. The van der Waals surface area contributed by atoms with Crippen molar-refractivity contribution in [1.29, 1.82) is 0 Å². The molecule has 1 aliphatic rings. The minimum atomic E-state index is -1.99. The van der Waals surface area contributed by atoms with Crippen molar-refractivity contribution in [1.82, 2.24) is 0 Å². The van der Waals surface area contributed by atoms with E-state index >= 15 is 0 Å². The van der Waals surface area contributed by atoms with Gasteiger partial charge < -0.3 is 4.43 Å². The fourth-order valence-corrected chi connectivity index (χ4v) is 3.95. The van der Waals surface area contributed by atoms with Crippen LogP contribution >= 0.6 is 0 Å². The van der Waals surface area contributed by atoms with Crippen LogP contribution in [-0.2, 0) is 4.79 Å². The van der Waals surface area contributed by atoms with Crippen LogP contribution in [0, 0.1) is 0 Å². The topological polar surface area (TPSA) is 26.3 Å². The Morgan fingerprint density at radius 2 is 1.84 bits per heavy atom. The molecule has 1 fully saturated rings. The summed E-state index contributed by atoms with van der Waals surface area (Å²) in [7, 11) is -1.99. The molecule has 0 atom stereocenters. The molecule has 0 radical (unpaired) electrons. The van der Waals surface area contributed by atoms with Gasteiger partial charge in [-0.15, -0.1) is 0 Å². The molecule has 25 heavy (non-hydrogen) atoms. The van der Waals surface area contributed by atoms with Crippen molar-refractivity contribution in [2.75, 3.05) is 0 Å². The number of aldehydes is 1. The van der Waals surface area contributed by atoms with Crippen LogP contribution in [0.2, 0.25) is 18.1 Å². The van der Waals surface area contributed by atoms with E-state index in [9.17, 15) is 4.79 Å². The number of carbonyl (C=O) groups excluding carboxylic acids is 1. The summed E-state index contributed by atoms with van der Waals surface area (Å²) in [5.74, 6) is 1.56. The van der Waals surface area contributed by atoms with E-state index in [2.05, 4.69) is 64.2 Å². The summed E-state index contributed by atoms with van der Waals surface area (Å²) in [6.07, 6.45) is 6.83. The maximum Gasteiger partial charge on any atom is 0.250 e. The molecule has 0 saturated heterocycles. The molecule has 2 aromatic rings. The van der Waals surface area contributed by atoms with Crippen LogP contribution in [0.15, 0.2) is 36.4 Å². The molecule has 0 aromatic heterocycles. The average Bonchev–Trinajstić information content (AvgIpc) is 3.37. The van der Waals surface area contributed by atoms with Gasteiger partial charge in [0.15, 0.2) is 0 Å². The first-order valence-corrected chi connectivity index (χ1v) is 12.0. The SMILES string of the molecule is CC(C)(C)[Si](C)(C)Oc1c(/C=C\C=O)c(C2CC2)cc2ccccc12. The highest BCUT2D eigenvalue weighted by molar-refractivity contribution is 6.74. The highest BCUT2D eigenvalue weighted by Crippen LogP contribution is 2.48. The number of allylic oxidation sites excluding steroid dienone is 1. The van der Waals surface area contributed by atoms with Gasteiger partial charge in [-0.25, -0.2) is 0 Å². The number of hydrogen-bond donors (Lipinski definition) is 0. The van der Waals surface area contributed by atoms with Gasteiger partial charge in [-0.2, -0.15) is 0 Å². The van der Waals surface area contributed by atoms with Crippen LogP contribution in [0.1, 0.15) is 50.7 Å². The van der Waals surface area contributed by atoms with E-state index in [4.69, 9.17) is 4.43 Å². The van der Waals surface area contributed by atoms with Gasteiger partial charge in [0.25, 0.3) is 8.32 Å². The average molecular weight is 353 g/mol. The second-order valence-corrected chi connectivity index (χ2v) is 13.3. The van der Waals surface area contributed by atoms with Crippen LogP contribution < -0.4 is 4.43 Å². The van der Waals surface area contributed by atoms with E-state index in [1.54, 1.807) is 6.08 Å². The summed E-state index contributed by atoms with van der Waals surface area (Å²) < 4.78 is 6.80. The Morgan fingerprint density at radius 3 is 2.44 bits per heavy atom. The van der Waals surface area contributed by atoms with Gasteiger partial charge in [0, 0.05) is 10.9 Å². The fourth-order valence-electron chi connectivity index (χ4n) is 2.91. The lowest BCUT2D eigenvalue weighted by Crippen LogP contribution is -2.44. The molecule has 0 bridgehead atoms. The maximum atomic E-state index is 11.0. The molecular weight excluding hydrogens is 324 g/mol. The Morgan fingerprint density at radius 1 is 1.16 bits per heavy atom. The zero-order valence-electron chi connectivity index (χ0n) is 15.9. The third-order valence-electron chi connectivity index (χ3n) is 5.59. The first-order chi connectivity index (χ1) is 11.7. The third kappa shape index (κ3) is 3.57. The second-order valence-electron chi connectivity index (χ2n) is 8.56. The molecule has 1 saturated carbocycles. The zero-order chi connectivity index (χ0) is 18.2. The summed E-state index contributed by atoms with van der Waals surface area (Å²) in [6, 6.07) is 10.7. The van der Waals surface area contributed by atoms with Crippen LogP contribution in [0.25, 0.3) is 16.8 Å². The lowest BCUT2D eigenvalue weighted by molar-refractivity contribution is -0.104. The van der Waals surface area contributed by atoms with Gasteiger partial charge in [0.05, 0.1) is 0 Å². The number of benzene rings is 2. The largest absolute Gasteiger partial charge is 0.543 e. The molecule has 0 aliphatic heterocycles. The molecular formula is C22H28O2Si.